The Kier molecular flexibility index (Phi) is 5.47. The van der Waals surface area contributed by atoms with Crippen LogP contribution in [0.2, 0.25) is 0 Å². The monoisotopic (exact) mass is 268 g/mol. The maximum atomic E-state index is 12.8. The second-order valence-corrected chi connectivity index (χ2v) is 5.90. The van der Waals surface area contributed by atoms with Crippen LogP contribution in [0.4, 0.5) is 4.39 Å². The number of hydrogen-bond acceptors (Lipinski definition) is 3. The quantitative estimate of drug-likeness (QED) is 0.826. The number of thioether (sulfide) groups is 1. The normalized spacial score (nSPS) is 21.1. The summed E-state index contributed by atoms with van der Waals surface area (Å²) in [6.07, 6.45) is 2.57. The molecule has 1 aliphatic heterocycles. The fraction of sp³-hybridized carbons (Fsp3) is 0.571. The van der Waals surface area contributed by atoms with Gasteiger partial charge >= 0.3 is 0 Å². The molecule has 1 aliphatic rings. The van der Waals surface area contributed by atoms with Crippen molar-refractivity contribution in [2.75, 3.05) is 32.4 Å². The van der Waals surface area contributed by atoms with Crippen molar-refractivity contribution in [1.82, 2.24) is 10.2 Å². The lowest BCUT2D eigenvalue weighted by atomic mass is 10.1. The molecule has 1 fully saturated rings. The van der Waals surface area contributed by atoms with Crippen molar-refractivity contribution in [1.29, 1.82) is 0 Å². The van der Waals surface area contributed by atoms with Crippen molar-refractivity contribution in [3.05, 3.63) is 30.1 Å². The molecule has 1 saturated heterocycles. The number of likely N-dealkylation sites (N-methyl/N-ethyl adjacent to an activating group) is 1. The number of piperidine rings is 1. The van der Waals surface area contributed by atoms with E-state index in [1.165, 1.54) is 31.5 Å². The molecule has 2 rings (SSSR count). The molecule has 100 valence electrons. The predicted molar refractivity (Wildman–Crippen MR) is 75.6 cm³/mol. The van der Waals surface area contributed by atoms with Crippen molar-refractivity contribution in [3.8, 4) is 0 Å². The van der Waals surface area contributed by atoms with Crippen LogP contribution in [0, 0.1) is 5.82 Å². The molecule has 0 spiro atoms. The molecule has 18 heavy (non-hydrogen) atoms. The molecular formula is C14H21FN2S. The lowest BCUT2D eigenvalue weighted by molar-refractivity contribution is 0.206. The largest absolute Gasteiger partial charge is 0.316 e. The Labute approximate surface area is 113 Å². The van der Waals surface area contributed by atoms with E-state index >= 15 is 0 Å². The summed E-state index contributed by atoms with van der Waals surface area (Å²) in [7, 11) is 2.04. The third-order valence-corrected chi connectivity index (χ3v) is 4.40. The van der Waals surface area contributed by atoms with Gasteiger partial charge in [-0.15, -0.1) is 11.8 Å². The lowest BCUT2D eigenvalue weighted by Crippen LogP contribution is -2.45. The van der Waals surface area contributed by atoms with Crippen molar-refractivity contribution in [2.45, 2.75) is 23.8 Å². The molecule has 0 amide bonds. The van der Waals surface area contributed by atoms with Gasteiger partial charge in [0.05, 0.1) is 0 Å². The zero-order chi connectivity index (χ0) is 12.8. The van der Waals surface area contributed by atoms with E-state index in [4.69, 9.17) is 0 Å². The Hall–Kier alpha value is -0.580. The number of benzene rings is 1. The van der Waals surface area contributed by atoms with E-state index in [2.05, 4.69) is 10.2 Å². The fourth-order valence-corrected chi connectivity index (χ4v) is 3.23. The van der Waals surface area contributed by atoms with Gasteiger partial charge in [0.15, 0.2) is 0 Å². The predicted octanol–water partition coefficient (Wildman–Crippen LogP) is 2.60. The Morgan fingerprint density at radius 1 is 1.39 bits per heavy atom. The van der Waals surface area contributed by atoms with E-state index in [1.807, 2.05) is 19.2 Å². The Morgan fingerprint density at radius 3 is 2.89 bits per heavy atom. The summed E-state index contributed by atoms with van der Waals surface area (Å²) < 4.78 is 12.8. The highest BCUT2D eigenvalue weighted by Gasteiger charge is 2.17. The molecule has 0 aromatic heterocycles. The summed E-state index contributed by atoms with van der Waals surface area (Å²) in [6.45, 7) is 3.48. The average molecular weight is 268 g/mol. The van der Waals surface area contributed by atoms with Crippen LogP contribution in [0.15, 0.2) is 29.2 Å². The summed E-state index contributed by atoms with van der Waals surface area (Å²) in [4.78, 5) is 3.67. The van der Waals surface area contributed by atoms with Crippen LogP contribution in [-0.4, -0.2) is 43.4 Å². The second kappa shape index (κ2) is 7.12. The third-order valence-electron chi connectivity index (χ3n) is 3.40. The minimum Gasteiger partial charge on any atom is -0.316 e. The molecule has 1 heterocycles. The van der Waals surface area contributed by atoms with Crippen LogP contribution in [0.5, 0.6) is 0 Å². The van der Waals surface area contributed by atoms with Gasteiger partial charge in [-0.1, -0.05) is 0 Å². The molecular weight excluding hydrogens is 247 g/mol. The molecule has 0 radical (unpaired) electrons. The van der Waals surface area contributed by atoms with Crippen LogP contribution < -0.4 is 5.32 Å². The highest BCUT2D eigenvalue weighted by Crippen LogP contribution is 2.19. The van der Waals surface area contributed by atoms with Gasteiger partial charge in [-0.2, -0.15) is 0 Å². The number of rotatable bonds is 5. The molecule has 1 N–H and O–H groups in total. The first-order valence-electron chi connectivity index (χ1n) is 6.56. The summed E-state index contributed by atoms with van der Waals surface area (Å²) in [5, 5.41) is 3.36. The number of nitrogens with one attached hydrogen (secondary N) is 1. The van der Waals surface area contributed by atoms with Gasteiger partial charge in [0.1, 0.15) is 5.82 Å². The minimum absolute atomic E-state index is 0.160. The van der Waals surface area contributed by atoms with E-state index in [0.717, 1.165) is 23.7 Å². The zero-order valence-electron chi connectivity index (χ0n) is 10.9. The standard InChI is InChI=1S/C14H21FN2S/c1-16-13-3-2-8-17(11-13)9-10-18-14-6-4-12(15)5-7-14/h4-7,13,16H,2-3,8-11H2,1H3. The number of likely N-dealkylation sites (tertiary alicyclic amines) is 1. The summed E-state index contributed by atoms with van der Waals surface area (Å²) in [6, 6.07) is 7.41. The summed E-state index contributed by atoms with van der Waals surface area (Å²) in [5.41, 5.74) is 0. The molecule has 0 saturated carbocycles. The van der Waals surface area contributed by atoms with Crippen molar-refractivity contribution < 1.29 is 4.39 Å². The van der Waals surface area contributed by atoms with Crippen LogP contribution in [-0.2, 0) is 0 Å². The first-order chi connectivity index (χ1) is 8.78. The topological polar surface area (TPSA) is 15.3 Å². The van der Waals surface area contributed by atoms with Crippen molar-refractivity contribution >= 4 is 11.8 Å². The Bertz CT molecular complexity index is 355. The lowest BCUT2D eigenvalue weighted by Gasteiger charge is -2.32. The molecule has 1 atom stereocenters. The Morgan fingerprint density at radius 2 is 2.17 bits per heavy atom. The smallest absolute Gasteiger partial charge is 0.123 e. The van der Waals surface area contributed by atoms with E-state index in [9.17, 15) is 4.39 Å². The molecule has 1 aromatic carbocycles. The van der Waals surface area contributed by atoms with Gasteiger partial charge < -0.3 is 10.2 Å². The highest BCUT2D eigenvalue weighted by molar-refractivity contribution is 7.99. The van der Waals surface area contributed by atoms with Gasteiger partial charge in [0.2, 0.25) is 0 Å². The summed E-state index contributed by atoms with van der Waals surface area (Å²) >= 11 is 1.80. The second-order valence-electron chi connectivity index (χ2n) is 4.73. The van der Waals surface area contributed by atoms with Gasteiger partial charge in [-0.25, -0.2) is 4.39 Å². The zero-order valence-corrected chi connectivity index (χ0v) is 11.7. The van der Waals surface area contributed by atoms with E-state index in [0.29, 0.717) is 6.04 Å². The average Bonchev–Trinajstić information content (AvgIpc) is 2.41. The first kappa shape index (κ1) is 13.8. The number of nitrogens with zero attached hydrogens (tertiary/aromatic N) is 1. The summed E-state index contributed by atoms with van der Waals surface area (Å²) in [5.74, 6) is 0.912. The van der Waals surface area contributed by atoms with E-state index in [1.54, 1.807) is 11.8 Å². The van der Waals surface area contributed by atoms with Crippen molar-refractivity contribution in [3.63, 3.8) is 0 Å². The number of hydrogen-bond donors (Lipinski definition) is 1. The highest BCUT2D eigenvalue weighted by atomic mass is 32.2. The van der Waals surface area contributed by atoms with Gasteiger partial charge in [-0.05, 0) is 50.7 Å². The molecule has 1 unspecified atom stereocenters. The molecule has 0 aliphatic carbocycles. The molecule has 2 nitrogen and oxygen atoms in total. The number of halogens is 1. The SMILES string of the molecule is CNC1CCCN(CCSc2ccc(F)cc2)C1. The first-order valence-corrected chi connectivity index (χ1v) is 7.54. The van der Waals surface area contributed by atoms with Crippen LogP contribution >= 0.6 is 11.8 Å². The third kappa shape index (κ3) is 4.26. The van der Waals surface area contributed by atoms with Crippen LogP contribution in [0.3, 0.4) is 0 Å². The van der Waals surface area contributed by atoms with Gasteiger partial charge in [0, 0.05) is 29.8 Å². The van der Waals surface area contributed by atoms with Crippen molar-refractivity contribution in [2.24, 2.45) is 0 Å². The molecule has 0 bridgehead atoms. The van der Waals surface area contributed by atoms with E-state index in [-0.39, 0.29) is 5.82 Å². The molecule has 4 heteroatoms. The molecule has 1 aromatic rings. The van der Waals surface area contributed by atoms with Gasteiger partial charge in [0.25, 0.3) is 0 Å². The van der Waals surface area contributed by atoms with Crippen LogP contribution in [0.1, 0.15) is 12.8 Å². The fourth-order valence-electron chi connectivity index (χ4n) is 2.32. The minimum atomic E-state index is -0.160. The Balaban J connectivity index is 1.70. The van der Waals surface area contributed by atoms with Gasteiger partial charge in [-0.3, -0.25) is 0 Å². The van der Waals surface area contributed by atoms with Crippen LogP contribution in [0.25, 0.3) is 0 Å². The van der Waals surface area contributed by atoms with E-state index < -0.39 is 0 Å². The maximum absolute atomic E-state index is 12.8. The maximum Gasteiger partial charge on any atom is 0.123 e.